The SMILES string of the molecule is O=C(/C=C/c1cccc(OCc2ccccc2)c1)NCC1CCCO1. The van der Waals surface area contributed by atoms with Gasteiger partial charge in [-0.2, -0.15) is 0 Å². The molecular weight excluding hydrogens is 314 g/mol. The van der Waals surface area contributed by atoms with Crippen LogP contribution in [-0.2, 0) is 16.1 Å². The van der Waals surface area contributed by atoms with E-state index < -0.39 is 0 Å². The molecule has 0 radical (unpaired) electrons. The Morgan fingerprint density at radius 3 is 2.88 bits per heavy atom. The molecule has 0 aliphatic carbocycles. The Morgan fingerprint density at radius 1 is 1.20 bits per heavy atom. The van der Waals surface area contributed by atoms with Crippen molar-refractivity contribution in [2.75, 3.05) is 13.2 Å². The summed E-state index contributed by atoms with van der Waals surface area (Å²) < 4.78 is 11.3. The maximum absolute atomic E-state index is 11.9. The van der Waals surface area contributed by atoms with E-state index in [1.165, 1.54) is 0 Å². The van der Waals surface area contributed by atoms with E-state index >= 15 is 0 Å². The molecule has 1 saturated heterocycles. The summed E-state index contributed by atoms with van der Waals surface area (Å²) in [6, 6.07) is 17.7. The predicted molar refractivity (Wildman–Crippen MR) is 98.2 cm³/mol. The van der Waals surface area contributed by atoms with E-state index in [-0.39, 0.29) is 12.0 Å². The highest BCUT2D eigenvalue weighted by atomic mass is 16.5. The molecule has 0 saturated carbocycles. The molecule has 4 nitrogen and oxygen atoms in total. The lowest BCUT2D eigenvalue weighted by Crippen LogP contribution is -2.30. The molecule has 1 unspecified atom stereocenters. The first kappa shape index (κ1) is 17.2. The summed E-state index contributed by atoms with van der Waals surface area (Å²) >= 11 is 0. The fourth-order valence-corrected chi connectivity index (χ4v) is 2.70. The van der Waals surface area contributed by atoms with Crippen molar-refractivity contribution < 1.29 is 14.3 Å². The molecule has 1 amide bonds. The van der Waals surface area contributed by atoms with Crippen LogP contribution in [0.15, 0.2) is 60.7 Å². The van der Waals surface area contributed by atoms with Crippen LogP contribution in [0.3, 0.4) is 0 Å². The first-order valence-electron chi connectivity index (χ1n) is 8.64. The molecule has 1 atom stereocenters. The third-order valence-corrected chi connectivity index (χ3v) is 4.06. The number of hydrogen-bond donors (Lipinski definition) is 1. The van der Waals surface area contributed by atoms with Crippen LogP contribution in [0, 0.1) is 0 Å². The molecule has 1 aliphatic heterocycles. The van der Waals surface area contributed by atoms with Crippen LogP contribution in [0.25, 0.3) is 6.08 Å². The van der Waals surface area contributed by atoms with Gasteiger partial charge in [-0.15, -0.1) is 0 Å². The maximum atomic E-state index is 11.9. The normalized spacial score (nSPS) is 16.9. The van der Waals surface area contributed by atoms with Crippen molar-refractivity contribution in [3.05, 3.63) is 71.8 Å². The van der Waals surface area contributed by atoms with Gasteiger partial charge in [0.25, 0.3) is 0 Å². The van der Waals surface area contributed by atoms with Gasteiger partial charge in [-0.05, 0) is 42.2 Å². The topological polar surface area (TPSA) is 47.6 Å². The standard InChI is InChI=1S/C21H23NO3/c23-21(22-15-20-10-5-13-24-20)12-11-17-8-4-9-19(14-17)25-16-18-6-2-1-3-7-18/h1-4,6-9,11-12,14,20H,5,10,13,15-16H2,(H,22,23)/b12-11+. The van der Waals surface area contributed by atoms with Crippen LogP contribution in [-0.4, -0.2) is 25.2 Å². The fourth-order valence-electron chi connectivity index (χ4n) is 2.70. The monoisotopic (exact) mass is 337 g/mol. The fraction of sp³-hybridized carbons (Fsp3) is 0.286. The van der Waals surface area contributed by atoms with E-state index in [0.29, 0.717) is 13.2 Å². The molecule has 0 bridgehead atoms. The summed E-state index contributed by atoms with van der Waals surface area (Å²) in [4.78, 5) is 11.9. The summed E-state index contributed by atoms with van der Waals surface area (Å²) in [5.74, 6) is 0.678. The third-order valence-electron chi connectivity index (χ3n) is 4.06. The molecule has 0 spiro atoms. The van der Waals surface area contributed by atoms with Gasteiger partial charge < -0.3 is 14.8 Å². The summed E-state index contributed by atoms with van der Waals surface area (Å²) in [7, 11) is 0. The van der Waals surface area contributed by atoms with Gasteiger partial charge in [0.15, 0.2) is 0 Å². The highest BCUT2D eigenvalue weighted by Crippen LogP contribution is 2.16. The number of amides is 1. The highest BCUT2D eigenvalue weighted by Gasteiger charge is 2.15. The van der Waals surface area contributed by atoms with Crippen molar-refractivity contribution in [1.29, 1.82) is 0 Å². The summed E-state index contributed by atoms with van der Waals surface area (Å²) in [5, 5.41) is 2.87. The van der Waals surface area contributed by atoms with Crippen LogP contribution in [0.5, 0.6) is 5.75 Å². The first-order chi connectivity index (χ1) is 12.3. The number of nitrogens with one attached hydrogen (secondary N) is 1. The van der Waals surface area contributed by atoms with Crippen molar-refractivity contribution in [2.45, 2.75) is 25.6 Å². The lowest BCUT2D eigenvalue weighted by atomic mass is 10.2. The van der Waals surface area contributed by atoms with Gasteiger partial charge >= 0.3 is 0 Å². The first-order valence-corrected chi connectivity index (χ1v) is 8.64. The Balaban J connectivity index is 1.49. The van der Waals surface area contributed by atoms with Gasteiger partial charge in [-0.3, -0.25) is 4.79 Å². The van der Waals surface area contributed by atoms with Crippen molar-refractivity contribution in [1.82, 2.24) is 5.32 Å². The van der Waals surface area contributed by atoms with Crippen LogP contribution in [0.1, 0.15) is 24.0 Å². The molecule has 3 rings (SSSR count). The molecule has 1 fully saturated rings. The van der Waals surface area contributed by atoms with Crippen molar-refractivity contribution in [2.24, 2.45) is 0 Å². The van der Waals surface area contributed by atoms with E-state index in [2.05, 4.69) is 5.32 Å². The molecule has 1 aliphatic rings. The Labute approximate surface area is 148 Å². The molecule has 1 heterocycles. The summed E-state index contributed by atoms with van der Waals surface area (Å²) in [5.41, 5.74) is 2.05. The van der Waals surface area contributed by atoms with Gasteiger partial charge in [0, 0.05) is 19.2 Å². The lowest BCUT2D eigenvalue weighted by Gasteiger charge is -2.09. The van der Waals surface area contributed by atoms with Crippen molar-refractivity contribution in [3.8, 4) is 5.75 Å². The van der Waals surface area contributed by atoms with Gasteiger partial charge in [0.1, 0.15) is 12.4 Å². The third kappa shape index (κ3) is 5.76. The number of carbonyl (C=O) groups is 1. The number of carbonyl (C=O) groups excluding carboxylic acids is 1. The quantitative estimate of drug-likeness (QED) is 0.786. The second kappa shape index (κ2) is 9.04. The highest BCUT2D eigenvalue weighted by molar-refractivity contribution is 5.91. The zero-order valence-electron chi connectivity index (χ0n) is 14.2. The van der Waals surface area contributed by atoms with Crippen LogP contribution < -0.4 is 10.1 Å². The Morgan fingerprint density at radius 2 is 2.08 bits per heavy atom. The smallest absolute Gasteiger partial charge is 0.244 e. The minimum absolute atomic E-state index is 0.105. The van der Waals surface area contributed by atoms with Crippen LogP contribution in [0.2, 0.25) is 0 Å². The predicted octanol–water partition coefficient (Wildman–Crippen LogP) is 3.57. The van der Waals surface area contributed by atoms with E-state index in [4.69, 9.17) is 9.47 Å². The minimum atomic E-state index is -0.105. The van der Waals surface area contributed by atoms with E-state index in [1.807, 2.05) is 54.6 Å². The average molecular weight is 337 g/mol. The van der Waals surface area contributed by atoms with Gasteiger partial charge in [0.2, 0.25) is 5.91 Å². The number of rotatable bonds is 7. The molecular formula is C21H23NO3. The summed E-state index contributed by atoms with van der Waals surface area (Å²) in [6.07, 6.45) is 5.59. The van der Waals surface area contributed by atoms with E-state index in [9.17, 15) is 4.79 Å². The second-order valence-electron chi connectivity index (χ2n) is 6.06. The molecule has 2 aromatic carbocycles. The van der Waals surface area contributed by atoms with Crippen LogP contribution >= 0.6 is 0 Å². The van der Waals surface area contributed by atoms with Gasteiger partial charge in [-0.25, -0.2) is 0 Å². The maximum Gasteiger partial charge on any atom is 0.244 e. The molecule has 0 aromatic heterocycles. The zero-order chi connectivity index (χ0) is 17.3. The molecule has 1 N–H and O–H groups in total. The summed E-state index contributed by atoms with van der Waals surface area (Å²) in [6.45, 7) is 1.89. The van der Waals surface area contributed by atoms with E-state index in [0.717, 1.165) is 36.3 Å². The van der Waals surface area contributed by atoms with Gasteiger partial charge in [-0.1, -0.05) is 42.5 Å². The van der Waals surface area contributed by atoms with Crippen molar-refractivity contribution >= 4 is 12.0 Å². The molecule has 25 heavy (non-hydrogen) atoms. The average Bonchev–Trinajstić information content (AvgIpc) is 3.18. The largest absolute Gasteiger partial charge is 0.489 e. The Hall–Kier alpha value is -2.59. The lowest BCUT2D eigenvalue weighted by molar-refractivity contribution is -0.116. The number of hydrogen-bond acceptors (Lipinski definition) is 3. The Bertz CT molecular complexity index is 706. The Kier molecular flexibility index (Phi) is 6.23. The molecule has 4 heteroatoms. The van der Waals surface area contributed by atoms with Crippen molar-refractivity contribution in [3.63, 3.8) is 0 Å². The number of benzene rings is 2. The molecule has 130 valence electrons. The minimum Gasteiger partial charge on any atom is -0.489 e. The molecule has 2 aromatic rings. The van der Waals surface area contributed by atoms with Crippen LogP contribution in [0.4, 0.5) is 0 Å². The van der Waals surface area contributed by atoms with Gasteiger partial charge in [0.05, 0.1) is 6.10 Å². The van der Waals surface area contributed by atoms with E-state index in [1.54, 1.807) is 12.2 Å². The second-order valence-corrected chi connectivity index (χ2v) is 6.06. The zero-order valence-corrected chi connectivity index (χ0v) is 14.2. The number of ether oxygens (including phenoxy) is 2.